The third-order valence-electron chi connectivity index (χ3n) is 7.65. The first kappa shape index (κ1) is 21.7. The van der Waals surface area contributed by atoms with Crippen LogP contribution >= 0.6 is 0 Å². The fourth-order valence-electron chi connectivity index (χ4n) is 6.08. The number of nitrogens with one attached hydrogen (secondary N) is 2. The van der Waals surface area contributed by atoms with Gasteiger partial charge in [-0.05, 0) is 72.6 Å². The van der Waals surface area contributed by atoms with Gasteiger partial charge in [-0.2, -0.15) is 0 Å². The molecule has 170 valence electrons. The predicted octanol–water partition coefficient (Wildman–Crippen LogP) is 3.43. The van der Waals surface area contributed by atoms with Crippen molar-refractivity contribution >= 4 is 12.1 Å². The lowest BCUT2D eigenvalue weighted by molar-refractivity contribution is -0.168. The van der Waals surface area contributed by atoms with Crippen molar-refractivity contribution < 1.29 is 14.3 Å². The molecule has 0 aromatic rings. The van der Waals surface area contributed by atoms with E-state index in [-0.39, 0.29) is 18.2 Å². The molecule has 0 radical (unpaired) electrons. The van der Waals surface area contributed by atoms with E-state index in [4.69, 9.17) is 9.47 Å². The van der Waals surface area contributed by atoms with Crippen LogP contribution in [0, 0.1) is 5.41 Å². The molecule has 4 aliphatic rings. The summed E-state index contributed by atoms with van der Waals surface area (Å²) in [4.78, 5) is 19.2. The van der Waals surface area contributed by atoms with Gasteiger partial charge in [-0.3, -0.25) is 4.99 Å². The highest BCUT2D eigenvalue weighted by molar-refractivity contribution is 5.80. The first-order chi connectivity index (χ1) is 14.3. The number of hydrogen-bond donors (Lipinski definition) is 2. The highest BCUT2D eigenvalue weighted by Crippen LogP contribution is 2.57. The summed E-state index contributed by atoms with van der Waals surface area (Å²) in [5, 5.41) is 7.37. The second-order valence-corrected chi connectivity index (χ2v) is 10.6. The van der Waals surface area contributed by atoms with Crippen molar-refractivity contribution in [1.82, 2.24) is 15.5 Å². The van der Waals surface area contributed by atoms with Gasteiger partial charge in [0.05, 0.1) is 6.10 Å². The van der Waals surface area contributed by atoms with Gasteiger partial charge in [-0.15, -0.1) is 0 Å². The number of amides is 1. The van der Waals surface area contributed by atoms with E-state index in [1.165, 1.54) is 19.3 Å². The standard InChI is InChI=1S/C23H40N4O3/c1-6-29-19-14-18(23(19)10-7-11-23)26-20(24-5)25-15-12-16-8-9-17(13-15)27(16)21(28)30-22(2,3)4/h15-19H,6-14H2,1-5H3,(H2,24,25,26). The van der Waals surface area contributed by atoms with E-state index in [0.29, 0.717) is 23.6 Å². The van der Waals surface area contributed by atoms with Gasteiger partial charge in [0.1, 0.15) is 5.60 Å². The van der Waals surface area contributed by atoms with Gasteiger partial charge in [0.2, 0.25) is 0 Å². The lowest BCUT2D eigenvalue weighted by Crippen LogP contribution is -2.69. The van der Waals surface area contributed by atoms with Crippen LogP contribution in [-0.2, 0) is 9.47 Å². The van der Waals surface area contributed by atoms with E-state index in [2.05, 4.69) is 22.5 Å². The predicted molar refractivity (Wildman–Crippen MR) is 118 cm³/mol. The van der Waals surface area contributed by atoms with E-state index in [1.54, 1.807) is 0 Å². The Morgan fingerprint density at radius 3 is 2.30 bits per heavy atom. The van der Waals surface area contributed by atoms with Gasteiger partial charge in [0, 0.05) is 43.2 Å². The van der Waals surface area contributed by atoms with E-state index >= 15 is 0 Å². The number of ether oxygens (including phenoxy) is 2. The third kappa shape index (κ3) is 4.02. The van der Waals surface area contributed by atoms with Gasteiger partial charge in [0.15, 0.2) is 5.96 Å². The number of carbonyl (C=O) groups excluding carboxylic acids is 1. The molecular weight excluding hydrogens is 380 g/mol. The van der Waals surface area contributed by atoms with Crippen LogP contribution in [0.2, 0.25) is 0 Å². The van der Waals surface area contributed by atoms with Crippen molar-refractivity contribution in [3.05, 3.63) is 0 Å². The minimum atomic E-state index is -0.447. The largest absolute Gasteiger partial charge is 0.444 e. The maximum Gasteiger partial charge on any atom is 0.410 e. The Kier molecular flexibility index (Phi) is 5.94. The summed E-state index contributed by atoms with van der Waals surface area (Å²) >= 11 is 0. The molecular formula is C23H40N4O3. The topological polar surface area (TPSA) is 75.2 Å². The SMILES string of the molecule is CCOC1CC(NC(=NC)NC2CC3CCC(C2)N3C(=O)OC(C)(C)C)C12CCC2. The molecule has 2 bridgehead atoms. The second kappa shape index (κ2) is 8.21. The number of carbonyl (C=O) groups is 1. The zero-order chi connectivity index (χ0) is 21.5. The van der Waals surface area contributed by atoms with Crippen molar-refractivity contribution in [3.8, 4) is 0 Å². The Labute approximate surface area is 181 Å². The smallest absolute Gasteiger partial charge is 0.410 e. The van der Waals surface area contributed by atoms with Crippen LogP contribution in [-0.4, -0.2) is 66.5 Å². The molecule has 2 saturated carbocycles. The molecule has 1 amide bonds. The molecule has 4 atom stereocenters. The van der Waals surface area contributed by atoms with Crippen LogP contribution in [0.1, 0.15) is 79.1 Å². The zero-order valence-electron chi connectivity index (χ0n) is 19.4. The monoisotopic (exact) mass is 420 g/mol. The molecule has 7 nitrogen and oxygen atoms in total. The number of piperidine rings is 1. The number of rotatable bonds is 4. The fourth-order valence-corrected chi connectivity index (χ4v) is 6.08. The molecule has 2 aliphatic heterocycles. The van der Waals surface area contributed by atoms with Gasteiger partial charge < -0.3 is 25.0 Å². The van der Waals surface area contributed by atoms with Crippen molar-refractivity contribution in [3.63, 3.8) is 0 Å². The minimum Gasteiger partial charge on any atom is -0.444 e. The number of aliphatic imine (C=N–C) groups is 1. The molecule has 4 fully saturated rings. The number of nitrogens with zero attached hydrogens (tertiary/aromatic N) is 2. The Bertz CT molecular complexity index is 656. The Hall–Kier alpha value is -1.50. The number of guanidine groups is 1. The molecule has 2 saturated heterocycles. The summed E-state index contributed by atoms with van der Waals surface area (Å²) in [6, 6.07) is 1.32. The summed E-state index contributed by atoms with van der Waals surface area (Å²) in [7, 11) is 1.85. The first-order valence-corrected chi connectivity index (χ1v) is 11.9. The van der Waals surface area contributed by atoms with Crippen LogP contribution in [0.3, 0.4) is 0 Å². The molecule has 0 aromatic carbocycles. The maximum absolute atomic E-state index is 12.7. The van der Waals surface area contributed by atoms with Crippen LogP contribution in [0.15, 0.2) is 4.99 Å². The van der Waals surface area contributed by atoms with Crippen molar-refractivity contribution in [2.75, 3.05) is 13.7 Å². The van der Waals surface area contributed by atoms with E-state index < -0.39 is 5.60 Å². The van der Waals surface area contributed by atoms with Crippen LogP contribution < -0.4 is 10.6 Å². The summed E-state index contributed by atoms with van der Waals surface area (Å²) in [5.41, 5.74) is -0.135. The molecule has 2 N–H and O–H groups in total. The highest BCUT2D eigenvalue weighted by atomic mass is 16.6. The lowest BCUT2D eigenvalue weighted by atomic mass is 9.51. The molecule has 30 heavy (non-hydrogen) atoms. The van der Waals surface area contributed by atoms with Crippen molar-refractivity contribution in [2.45, 2.75) is 115 Å². The maximum atomic E-state index is 12.7. The zero-order valence-corrected chi connectivity index (χ0v) is 19.4. The first-order valence-electron chi connectivity index (χ1n) is 11.9. The van der Waals surface area contributed by atoms with Crippen LogP contribution in [0.5, 0.6) is 0 Å². The molecule has 4 unspecified atom stereocenters. The summed E-state index contributed by atoms with van der Waals surface area (Å²) in [6.07, 6.45) is 9.17. The van der Waals surface area contributed by atoms with Gasteiger partial charge in [0.25, 0.3) is 0 Å². The fraction of sp³-hybridized carbons (Fsp3) is 0.913. The summed E-state index contributed by atoms with van der Waals surface area (Å²) in [6.45, 7) is 8.68. The Balaban J connectivity index is 1.32. The average Bonchev–Trinajstić information content (AvgIpc) is 2.88. The molecule has 7 heteroatoms. The number of fused-ring (bicyclic) bond motifs is 2. The van der Waals surface area contributed by atoms with Crippen LogP contribution in [0.25, 0.3) is 0 Å². The molecule has 2 aliphatic carbocycles. The third-order valence-corrected chi connectivity index (χ3v) is 7.65. The normalized spacial score (nSPS) is 34.9. The summed E-state index contributed by atoms with van der Waals surface area (Å²) in [5.74, 6) is 0.899. The van der Waals surface area contributed by atoms with Gasteiger partial charge in [-0.1, -0.05) is 6.42 Å². The number of hydrogen-bond acceptors (Lipinski definition) is 4. The molecule has 4 rings (SSSR count). The summed E-state index contributed by atoms with van der Waals surface area (Å²) < 4.78 is 11.6. The molecule has 0 aromatic heterocycles. The molecule has 1 spiro atoms. The Morgan fingerprint density at radius 1 is 1.13 bits per heavy atom. The van der Waals surface area contributed by atoms with E-state index in [0.717, 1.165) is 44.7 Å². The van der Waals surface area contributed by atoms with Gasteiger partial charge in [-0.25, -0.2) is 4.79 Å². The highest BCUT2D eigenvalue weighted by Gasteiger charge is 2.59. The molecule has 2 heterocycles. The van der Waals surface area contributed by atoms with Gasteiger partial charge >= 0.3 is 6.09 Å². The average molecular weight is 421 g/mol. The van der Waals surface area contributed by atoms with E-state index in [9.17, 15) is 4.79 Å². The van der Waals surface area contributed by atoms with Crippen molar-refractivity contribution in [1.29, 1.82) is 0 Å². The Morgan fingerprint density at radius 2 is 1.80 bits per heavy atom. The second-order valence-electron chi connectivity index (χ2n) is 10.6. The van der Waals surface area contributed by atoms with E-state index in [1.807, 2.05) is 32.7 Å². The minimum absolute atomic E-state index is 0.153. The van der Waals surface area contributed by atoms with Crippen molar-refractivity contribution in [2.24, 2.45) is 10.4 Å². The lowest BCUT2D eigenvalue weighted by Gasteiger charge is -2.61. The quantitative estimate of drug-likeness (QED) is 0.538. The van der Waals surface area contributed by atoms with Crippen LogP contribution in [0.4, 0.5) is 4.79 Å².